The number of hydrogen-bond acceptors (Lipinski definition) is 2. The Morgan fingerprint density at radius 3 is 1.15 bits per heavy atom. The van der Waals surface area contributed by atoms with Crippen molar-refractivity contribution < 1.29 is 59.3 Å². The van der Waals surface area contributed by atoms with E-state index in [1.807, 2.05) is 12.4 Å². The van der Waals surface area contributed by atoms with Crippen LogP contribution in [0.3, 0.4) is 0 Å². The second-order valence-electron chi connectivity index (χ2n) is 10.0. The molecular formula is C23H34F12N4P2. The standard InChI is InChI=1S/C23H34N4.2F6P/c1-4-6-10-26(12-8-24-19-26)17-22-14-21(3)15-23(16-22)18-27(11-7-5-2)13-9-25-20-27;2*1-7(2,3,4,5)6/h8-9,12-16,19-20H,4-7,10-11,17-18H2,1-3H3;;/q+2;2*-1. The van der Waals surface area contributed by atoms with E-state index in [0.29, 0.717) is 0 Å². The zero-order valence-electron chi connectivity index (χ0n) is 22.6. The van der Waals surface area contributed by atoms with Crippen LogP contribution in [-0.4, -0.2) is 34.7 Å². The molecule has 2 aliphatic rings. The first-order valence-corrected chi connectivity index (χ1v) is 16.4. The van der Waals surface area contributed by atoms with Gasteiger partial charge in [-0.25, -0.2) is 19.0 Å². The van der Waals surface area contributed by atoms with Crippen LogP contribution < -0.4 is 0 Å². The van der Waals surface area contributed by atoms with E-state index in [0.717, 1.165) is 35.1 Å². The summed E-state index contributed by atoms with van der Waals surface area (Å²) < 4.78 is 120. The third-order valence-electron chi connectivity index (χ3n) is 5.50. The molecule has 0 radical (unpaired) electrons. The fourth-order valence-corrected chi connectivity index (χ4v) is 4.09. The minimum absolute atomic E-state index is 0.841. The second-order valence-corrected chi connectivity index (χ2v) is 13.9. The van der Waals surface area contributed by atoms with Crippen LogP contribution in [0.5, 0.6) is 0 Å². The quantitative estimate of drug-likeness (QED) is 0.136. The fourth-order valence-electron chi connectivity index (χ4n) is 4.09. The molecule has 41 heavy (non-hydrogen) atoms. The number of halogens is 12. The average molecular weight is 656 g/mol. The van der Waals surface area contributed by atoms with Gasteiger partial charge in [0.15, 0.2) is 12.7 Å². The van der Waals surface area contributed by atoms with E-state index in [9.17, 15) is 50.4 Å². The van der Waals surface area contributed by atoms with Gasteiger partial charge in [0, 0.05) is 11.1 Å². The van der Waals surface area contributed by atoms with Crippen LogP contribution in [0, 0.1) is 6.92 Å². The van der Waals surface area contributed by atoms with Crippen molar-refractivity contribution in [2.24, 2.45) is 9.98 Å². The van der Waals surface area contributed by atoms with Crippen molar-refractivity contribution in [3.05, 3.63) is 59.7 Å². The number of rotatable bonds is 10. The summed E-state index contributed by atoms with van der Waals surface area (Å²) in [7, 11) is -21.3. The van der Waals surface area contributed by atoms with E-state index in [4.69, 9.17) is 0 Å². The monoisotopic (exact) mass is 656 g/mol. The summed E-state index contributed by atoms with van der Waals surface area (Å²) in [5, 5.41) is 0. The van der Waals surface area contributed by atoms with E-state index in [1.54, 1.807) is 0 Å². The normalized spacial score (nSPS) is 24.9. The van der Waals surface area contributed by atoms with Gasteiger partial charge in [0.25, 0.3) is 0 Å². The van der Waals surface area contributed by atoms with Gasteiger partial charge in [0.2, 0.25) is 0 Å². The third kappa shape index (κ3) is 21.4. The summed E-state index contributed by atoms with van der Waals surface area (Å²) >= 11 is 0. The van der Waals surface area contributed by atoms with Gasteiger partial charge in [0.1, 0.15) is 25.5 Å². The van der Waals surface area contributed by atoms with Gasteiger partial charge >= 0.3 is 66.0 Å². The van der Waals surface area contributed by atoms with E-state index in [-0.39, 0.29) is 0 Å². The van der Waals surface area contributed by atoms with Crippen LogP contribution in [0.25, 0.3) is 0 Å². The number of nitrogens with zero attached hydrogens (tertiary/aromatic N) is 4. The molecule has 3 rings (SSSR count). The Morgan fingerprint density at radius 1 is 0.585 bits per heavy atom. The van der Waals surface area contributed by atoms with Crippen LogP contribution in [0.1, 0.15) is 56.2 Å². The van der Waals surface area contributed by atoms with Crippen molar-refractivity contribution in [2.75, 3.05) is 13.1 Å². The molecule has 1 aromatic rings. The first kappa shape index (κ1) is 37.0. The van der Waals surface area contributed by atoms with Crippen LogP contribution in [-0.2, 0) is 13.1 Å². The summed E-state index contributed by atoms with van der Waals surface area (Å²) in [5.74, 6) is 0. The van der Waals surface area contributed by atoms with Crippen molar-refractivity contribution >= 4 is 28.3 Å². The predicted molar refractivity (Wildman–Crippen MR) is 141 cm³/mol. The fraction of sp³-hybridized carbons (Fsp3) is 0.478. The van der Waals surface area contributed by atoms with Gasteiger partial charge in [-0.15, -0.1) is 0 Å². The van der Waals surface area contributed by atoms with E-state index in [1.165, 1.54) is 42.4 Å². The summed E-state index contributed by atoms with van der Waals surface area (Å²) in [6.07, 6.45) is 17.4. The van der Waals surface area contributed by atoms with Crippen molar-refractivity contribution in [2.45, 2.75) is 59.5 Å². The van der Waals surface area contributed by atoms with Gasteiger partial charge < -0.3 is 0 Å². The maximum absolute atomic E-state index is 10.7. The first-order valence-electron chi connectivity index (χ1n) is 12.4. The van der Waals surface area contributed by atoms with E-state index in [2.05, 4.69) is 74.0 Å². The molecule has 0 bridgehead atoms. The molecule has 0 saturated heterocycles. The maximum atomic E-state index is 9.87. The molecule has 0 aromatic heterocycles. The van der Waals surface area contributed by atoms with Crippen LogP contribution in [0.2, 0.25) is 0 Å². The molecule has 2 atom stereocenters. The molecule has 0 amide bonds. The van der Waals surface area contributed by atoms with Gasteiger partial charge in [-0.05, 0) is 25.8 Å². The predicted octanol–water partition coefficient (Wildman–Crippen LogP) is 12.0. The second kappa shape index (κ2) is 11.2. The number of aryl methyl sites for hydroxylation is 1. The Balaban J connectivity index is 0.000000497. The minimum atomic E-state index is -10.7. The zero-order valence-corrected chi connectivity index (χ0v) is 24.4. The average Bonchev–Trinajstić information content (AvgIpc) is 3.36. The van der Waals surface area contributed by atoms with Crippen LogP contribution in [0.15, 0.2) is 53.0 Å². The first-order chi connectivity index (χ1) is 18.0. The van der Waals surface area contributed by atoms with Gasteiger partial charge in [0.05, 0.1) is 25.5 Å². The molecule has 18 heteroatoms. The zero-order chi connectivity index (χ0) is 32.0. The Hall–Kier alpha value is -2.02. The summed E-state index contributed by atoms with van der Waals surface area (Å²) in [5.41, 5.74) is 4.13. The van der Waals surface area contributed by atoms with Gasteiger partial charge in [-0.2, -0.15) is 0 Å². The van der Waals surface area contributed by atoms with E-state index >= 15 is 0 Å². The van der Waals surface area contributed by atoms with Gasteiger partial charge in [-0.1, -0.05) is 44.4 Å². The molecular weight excluding hydrogens is 622 g/mol. The number of benzene rings is 1. The molecule has 0 fully saturated rings. The molecule has 0 N–H and O–H groups in total. The number of hydrogen-bond donors (Lipinski definition) is 0. The molecule has 4 nitrogen and oxygen atoms in total. The molecule has 2 heterocycles. The Morgan fingerprint density at radius 2 is 0.902 bits per heavy atom. The Kier molecular flexibility index (Phi) is 10.1. The van der Waals surface area contributed by atoms with Crippen molar-refractivity contribution in [1.29, 1.82) is 0 Å². The molecule has 0 aliphatic carbocycles. The SMILES string of the molecule is CCCC[N+]1(Cc2cc(C)cc(C[N+]3(CCCC)C=CN=C3)c2)C=CN=C1.F[P-](F)(F)(F)(F)F.F[P-](F)(F)(F)(F)F. The molecule has 0 saturated carbocycles. The molecule has 1 aromatic carbocycles. The van der Waals surface area contributed by atoms with Crippen molar-refractivity contribution in [1.82, 2.24) is 0 Å². The number of aliphatic imine (C=N–C) groups is 2. The summed E-state index contributed by atoms with van der Waals surface area (Å²) in [4.78, 5) is 8.79. The molecule has 0 spiro atoms. The van der Waals surface area contributed by atoms with Crippen LogP contribution in [0.4, 0.5) is 50.4 Å². The third-order valence-corrected chi connectivity index (χ3v) is 5.50. The molecule has 2 aliphatic heterocycles. The Bertz CT molecular complexity index is 1040. The van der Waals surface area contributed by atoms with Crippen molar-refractivity contribution in [3.63, 3.8) is 0 Å². The summed E-state index contributed by atoms with van der Waals surface area (Å²) in [6, 6.07) is 7.06. The molecule has 2 unspecified atom stereocenters. The number of unbranched alkanes of at least 4 members (excludes halogenated alkanes) is 2. The number of quaternary nitrogens is 2. The summed E-state index contributed by atoms with van der Waals surface area (Å²) in [6.45, 7) is 10.9. The topological polar surface area (TPSA) is 24.7 Å². The van der Waals surface area contributed by atoms with E-state index < -0.39 is 15.6 Å². The van der Waals surface area contributed by atoms with Crippen molar-refractivity contribution in [3.8, 4) is 0 Å². The van der Waals surface area contributed by atoms with Crippen LogP contribution >= 0.6 is 15.6 Å². The molecule has 240 valence electrons. The Labute approximate surface area is 230 Å². The van der Waals surface area contributed by atoms with Gasteiger partial charge in [-0.3, -0.25) is 0 Å².